The van der Waals surface area contributed by atoms with Gasteiger partial charge in [0, 0.05) is 12.6 Å². The summed E-state index contributed by atoms with van der Waals surface area (Å²) in [6.07, 6.45) is 8.47. The molecule has 1 unspecified atom stereocenters. The van der Waals surface area contributed by atoms with Gasteiger partial charge in [0.2, 0.25) is 5.91 Å². The van der Waals surface area contributed by atoms with Crippen molar-refractivity contribution in [3.63, 3.8) is 0 Å². The largest absolute Gasteiger partial charge is 0.396 e. The summed E-state index contributed by atoms with van der Waals surface area (Å²) in [6.45, 7) is 2.13. The molecule has 0 radical (unpaired) electrons. The first-order valence-corrected chi connectivity index (χ1v) is 7.75. The van der Waals surface area contributed by atoms with Gasteiger partial charge >= 0.3 is 0 Å². The Hall–Kier alpha value is -0.610. The zero-order valence-electron chi connectivity index (χ0n) is 11.9. The fraction of sp³-hybridized carbons (Fsp3) is 0.933. The van der Waals surface area contributed by atoms with Gasteiger partial charge in [0.1, 0.15) is 6.10 Å². The highest BCUT2D eigenvalue weighted by molar-refractivity contribution is 5.80. The van der Waals surface area contributed by atoms with E-state index in [1.165, 1.54) is 12.8 Å². The number of nitrogens with one attached hydrogen (secondary N) is 1. The lowest BCUT2D eigenvalue weighted by atomic mass is 9.88. The summed E-state index contributed by atoms with van der Waals surface area (Å²) in [7, 11) is 0. The fourth-order valence-electron chi connectivity index (χ4n) is 3.19. The van der Waals surface area contributed by atoms with E-state index in [0.29, 0.717) is 12.0 Å². The Morgan fingerprint density at radius 3 is 2.42 bits per heavy atom. The maximum atomic E-state index is 12.0. The zero-order chi connectivity index (χ0) is 13.7. The van der Waals surface area contributed by atoms with Crippen molar-refractivity contribution in [1.29, 1.82) is 0 Å². The van der Waals surface area contributed by atoms with Crippen LogP contribution in [0.15, 0.2) is 0 Å². The molecule has 4 heteroatoms. The highest BCUT2D eigenvalue weighted by atomic mass is 16.5. The lowest BCUT2D eigenvalue weighted by Crippen LogP contribution is -2.42. The molecule has 1 atom stereocenters. The third-order valence-electron chi connectivity index (χ3n) is 4.52. The van der Waals surface area contributed by atoms with Crippen LogP contribution in [0.5, 0.6) is 0 Å². The molecule has 2 saturated carbocycles. The maximum absolute atomic E-state index is 12.0. The lowest BCUT2D eigenvalue weighted by molar-refractivity contribution is -0.137. The molecular weight excluding hydrogens is 242 g/mol. The molecule has 2 aliphatic carbocycles. The Balaban J connectivity index is 1.68. The van der Waals surface area contributed by atoms with E-state index in [4.69, 9.17) is 9.84 Å². The molecule has 0 saturated heterocycles. The van der Waals surface area contributed by atoms with Crippen molar-refractivity contribution in [2.45, 2.75) is 76.5 Å². The average Bonchev–Trinajstić information content (AvgIpc) is 2.92. The quantitative estimate of drug-likeness (QED) is 0.802. The number of aliphatic hydroxyl groups excluding tert-OH is 1. The SMILES string of the molecule is CC(OC1CCC(CO)CC1)C(=O)NC1CCCC1. The van der Waals surface area contributed by atoms with Crippen LogP contribution in [0.25, 0.3) is 0 Å². The third kappa shape index (κ3) is 4.46. The van der Waals surface area contributed by atoms with Crippen LogP contribution in [0.4, 0.5) is 0 Å². The molecule has 110 valence electrons. The molecule has 0 aromatic heterocycles. The van der Waals surface area contributed by atoms with Gasteiger partial charge in [-0.3, -0.25) is 4.79 Å². The van der Waals surface area contributed by atoms with Crippen LogP contribution in [-0.2, 0) is 9.53 Å². The summed E-state index contributed by atoms with van der Waals surface area (Å²) in [4.78, 5) is 12.0. The van der Waals surface area contributed by atoms with E-state index < -0.39 is 0 Å². The van der Waals surface area contributed by atoms with Crippen molar-refractivity contribution >= 4 is 5.91 Å². The van der Waals surface area contributed by atoms with Crippen LogP contribution >= 0.6 is 0 Å². The standard InChI is InChI=1S/C15H27NO3/c1-11(15(18)16-13-4-2-3-5-13)19-14-8-6-12(10-17)7-9-14/h11-14,17H,2-10H2,1H3,(H,16,18). The Bertz CT molecular complexity index is 281. The Morgan fingerprint density at radius 1 is 1.21 bits per heavy atom. The Morgan fingerprint density at radius 2 is 1.84 bits per heavy atom. The van der Waals surface area contributed by atoms with Crippen LogP contribution < -0.4 is 5.32 Å². The molecule has 2 aliphatic rings. The first-order valence-electron chi connectivity index (χ1n) is 7.75. The smallest absolute Gasteiger partial charge is 0.249 e. The first kappa shape index (κ1) is 14.8. The molecule has 0 aromatic rings. The van der Waals surface area contributed by atoms with Crippen molar-refractivity contribution in [1.82, 2.24) is 5.32 Å². The molecule has 0 heterocycles. The summed E-state index contributed by atoms with van der Waals surface area (Å²) in [5, 5.41) is 12.2. The van der Waals surface area contributed by atoms with Gasteiger partial charge in [0.25, 0.3) is 0 Å². The summed E-state index contributed by atoms with van der Waals surface area (Å²) < 4.78 is 5.86. The monoisotopic (exact) mass is 269 g/mol. The molecule has 2 N–H and O–H groups in total. The summed E-state index contributed by atoms with van der Waals surface area (Å²) >= 11 is 0. The Kier molecular flexibility index (Phi) is 5.64. The number of rotatable bonds is 5. The molecule has 0 spiro atoms. The molecule has 1 amide bonds. The van der Waals surface area contributed by atoms with Gasteiger partial charge in [-0.25, -0.2) is 0 Å². The summed E-state index contributed by atoms with van der Waals surface area (Å²) in [6, 6.07) is 0.365. The minimum Gasteiger partial charge on any atom is -0.396 e. The van der Waals surface area contributed by atoms with E-state index in [9.17, 15) is 4.79 Å². The fourth-order valence-corrected chi connectivity index (χ4v) is 3.19. The number of aliphatic hydroxyl groups is 1. The molecule has 0 bridgehead atoms. The van der Waals surface area contributed by atoms with Crippen molar-refractivity contribution < 1.29 is 14.6 Å². The number of carbonyl (C=O) groups is 1. The second kappa shape index (κ2) is 7.25. The van der Waals surface area contributed by atoms with Crippen molar-refractivity contribution in [2.75, 3.05) is 6.61 Å². The number of hydrogen-bond acceptors (Lipinski definition) is 3. The highest BCUT2D eigenvalue weighted by Gasteiger charge is 2.26. The molecule has 0 aliphatic heterocycles. The molecule has 4 nitrogen and oxygen atoms in total. The minimum atomic E-state index is -0.351. The molecular formula is C15H27NO3. The van der Waals surface area contributed by atoms with Gasteiger partial charge in [0.15, 0.2) is 0 Å². The summed E-state index contributed by atoms with van der Waals surface area (Å²) in [5.74, 6) is 0.471. The van der Waals surface area contributed by atoms with Crippen LogP contribution in [0.3, 0.4) is 0 Å². The second-order valence-corrected chi connectivity index (χ2v) is 6.09. The number of carbonyl (C=O) groups excluding carboxylic acids is 1. The predicted octanol–water partition coefficient (Wildman–Crippen LogP) is 2.00. The van der Waals surface area contributed by atoms with Gasteiger partial charge in [-0.2, -0.15) is 0 Å². The van der Waals surface area contributed by atoms with Gasteiger partial charge in [-0.15, -0.1) is 0 Å². The average molecular weight is 269 g/mol. The third-order valence-corrected chi connectivity index (χ3v) is 4.52. The first-order chi connectivity index (χ1) is 9.19. The van der Waals surface area contributed by atoms with Gasteiger partial charge in [0.05, 0.1) is 6.10 Å². The molecule has 2 fully saturated rings. The van der Waals surface area contributed by atoms with E-state index in [1.807, 2.05) is 6.92 Å². The molecule has 2 rings (SSSR count). The van der Waals surface area contributed by atoms with Gasteiger partial charge in [-0.1, -0.05) is 12.8 Å². The van der Waals surface area contributed by atoms with E-state index >= 15 is 0 Å². The normalized spacial score (nSPS) is 30.2. The highest BCUT2D eigenvalue weighted by Crippen LogP contribution is 2.26. The topological polar surface area (TPSA) is 58.6 Å². The second-order valence-electron chi connectivity index (χ2n) is 6.09. The number of amides is 1. The van der Waals surface area contributed by atoms with E-state index in [0.717, 1.165) is 38.5 Å². The molecule has 0 aromatic carbocycles. The van der Waals surface area contributed by atoms with Crippen LogP contribution in [-0.4, -0.2) is 35.9 Å². The summed E-state index contributed by atoms with van der Waals surface area (Å²) in [5.41, 5.74) is 0. The van der Waals surface area contributed by atoms with Crippen molar-refractivity contribution in [2.24, 2.45) is 5.92 Å². The zero-order valence-corrected chi connectivity index (χ0v) is 11.9. The van der Waals surface area contributed by atoms with Gasteiger partial charge in [-0.05, 0) is 51.4 Å². The predicted molar refractivity (Wildman–Crippen MR) is 73.8 cm³/mol. The number of ether oxygens (including phenoxy) is 1. The van der Waals surface area contributed by atoms with E-state index in [1.54, 1.807) is 0 Å². The maximum Gasteiger partial charge on any atom is 0.249 e. The molecule has 19 heavy (non-hydrogen) atoms. The number of hydrogen-bond donors (Lipinski definition) is 2. The van der Waals surface area contributed by atoms with Crippen LogP contribution in [0.2, 0.25) is 0 Å². The minimum absolute atomic E-state index is 0.0381. The Labute approximate surface area is 115 Å². The van der Waals surface area contributed by atoms with Crippen LogP contribution in [0.1, 0.15) is 58.3 Å². The van der Waals surface area contributed by atoms with E-state index in [-0.39, 0.29) is 24.7 Å². The lowest BCUT2D eigenvalue weighted by Gasteiger charge is -2.29. The van der Waals surface area contributed by atoms with Crippen LogP contribution in [0, 0.1) is 5.92 Å². The van der Waals surface area contributed by atoms with Crippen molar-refractivity contribution in [3.8, 4) is 0 Å². The van der Waals surface area contributed by atoms with E-state index in [2.05, 4.69) is 5.32 Å². The van der Waals surface area contributed by atoms with Gasteiger partial charge < -0.3 is 15.2 Å². The van der Waals surface area contributed by atoms with Crippen molar-refractivity contribution in [3.05, 3.63) is 0 Å².